The third-order valence-electron chi connectivity index (χ3n) is 6.02. The summed E-state index contributed by atoms with van der Waals surface area (Å²) in [7, 11) is 0. The number of nitrogens with zero attached hydrogens (tertiary/aromatic N) is 2. The van der Waals surface area contributed by atoms with Crippen molar-refractivity contribution in [2.24, 2.45) is 5.92 Å². The van der Waals surface area contributed by atoms with Gasteiger partial charge < -0.3 is 19.2 Å². The lowest BCUT2D eigenvalue weighted by molar-refractivity contribution is -0.169. The highest BCUT2D eigenvalue weighted by molar-refractivity contribution is 6.20. The zero-order valence-corrected chi connectivity index (χ0v) is 18.6. The molecule has 1 unspecified atom stereocenters. The van der Waals surface area contributed by atoms with E-state index in [1.54, 1.807) is 17.0 Å². The van der Waals surface area contributed by atoms with E-state index in [0.717, 1.165) is 0 Å². The van der Waals surface area contributed by atoms with E-state index in [2.05, 4.69) is 0 Å². The van der Waals surface area contributed by atoms with Gasteiger partial charge in [0.2, 0.25) is 0 Å². The minimum atomic E-state index is -0.642. The summed E-state index contributed by atoms with van der Waals surface area (Å²) in [5, 5.41) is 0.540. The number of hydrogen-bond donors (Lipinski definition) is 0. The smallest absolute Gasteiger partial charge is 0.410 e. The Morgan fingerprint density at radius 1 is 1.09 bits per heavy atom. The molecule has 2 saturated heterocycles. The summed E-state index contributed by atoms with van der Waals surface area (Å²) in [4.78, 5) is 56.2. The first kappa shape index (κ1) is 22.3. The van der Waals surface area contributed by atoms with Crippen molar-refractivity contribution in [3.05, 3.63) is 35.4 Å². The first-order valence-electron chi connectivity index (χ1n) is 10.9. The minimum Gasteiger partial charge on any atom is -0.444 e. The van der Waals surface area contributed by atoms with Gasteiger partial charge in [-0.3, -0.25) is 9.59 Å². The summed E-state index contributed by atoms with van der Waals surface area (Å²) < 4.78 is 11.5. The highest BCUT2D eigenvalue weighted by atomic mass is 16.7. The standard InChI is InChI=1S/C23H28N2O7/c1-22(2,3)31-21(29)24-10-8-23(9-11-24)13-15(14-30-23)12-18(26)32-25-19(27)16-6-4-5-7-17(16)20(25)28/h4-7,15H,8-14H2,1-3H3. The van der Waals surface area contributed by atoms with Crippen molar-refractivity contribution < 1.29 is 33.5 Å². The zero-order valence-electron chi connectivity index (χ0n) is 18.6. The van der Waals surface area contributed by atoms with Crippen LogP contribution in [0.3, 0.4) is 0 Å². The van der Waals surface area contributed by atoms with Crippen LogP contribution in [0.15, 0.2) is 24.3 Å². The molecule has 1 atom stereocenters. The van der Waals surface area contributed by atoms with Crippen LogP contribution in [0.2, 0.25) is 0 Å². The lowest BCUT2D eigenvalue weighted by atomic mass is 9.84. The zero-order chi connectivity index (χ0) is 23.1. The van der Waals surface area contributed by atoms with Crippen LogP contribution >= 0.6 is 0 Å². The highest BCUT2D eigenvalue weighted by Gasteiger charge is 2.45. The van der Waals surface area contributed by atoms with Gasteiger partial charge in [-0.05, 0) is 58.1 Å². The van der Waals surface area contributed by atoms with E-state index in [1.807, 2.05) is 20.8 Å². The Balaban J connectivity index is 1.27. The molecule has 0 N–H and O–H groups in total. The Bertz CT molecular complexity index is 909. The van der Waals surface area contributed by atoms with Crippen LogP contribution in [0.5, 0.6) is 0 Å². The van der Waals surface area contributed by atoms with E-state index in [1.165, 1.54) is 12.1 Å². The average Bonchev–Trinajstić information content (AvgIpc) is 3.21. The van der Waals surface area contributed by atoms with E-state index < -0.39 is 23.4 Å². The summed E-state index contributed by atoms with van der Waals surface area (Å²) >= 11 is 0. The number of carbonyl (C=O) groups is 4. The summed E-state index contributed by atoms with van der Waals surface area (Å²) in [5.74, 6) is -1.98. The number of imide groups is 1. The van der Waals surface area contributed by atoms with E-state index >= 15 is 0 Å². The normalized spacial score (nSPS) is 22.3. The fraction of sp³-hybridized carbons (Fsp3) is 0.565. The van der Waals surface area contributed by atoms with Crippen LogP contribution in [0.4, 0.5) is 4.79 Å². The number of amides is 3. The third kappa shape index (κ3) is 4.48. The molecule has 9 nitrogen and oxygen atoms in total. The Hall–Kier alpha value is -2.94. The van der Waals surface area contributed by atoms with Crippen LogP contribution < -0.4 is 0 Å². The average molecular weight is 444 g/mol. The predicted octanol–water partition coefficient (Wildman–Crippen LogP) is 2.94. The molecule has 3 amide bonds. The number of rotatable bonds is 3. The Kier molecular flexibility index (Phi) is 5.70. The van der Waals surface area contributed by atoms with Gasteiger partial charge in [0.25, 0.3) is 11.8 Å². The molecule has 1 spiro atoms. The number of fused-ring (bicyclic) bond motifs is 1. The number of piperidine rings is 1. The molecular formula is C23H28N2O7. The number of ether oxygens (including phenoxy) is 2. The predicted molar refractivity (Wildman–Crippen MR) is 111 cm³/mol. The number of hydrogen-bond acceptors (Lipinski definition) is 7. The second kappa shape index (κ2) is 8.20. The minimum absolute atomic E-state index is 0.0466. The maximum Gasteiger partial charge on any atom is 0.410 e. The van der Waals surface area contributed by atoms with Gasteiger partial charge in [-0.1, -0.05) is 17.2 Å². The van der Waals surface area contributed by atoms with E-state index in [9.17, 15) is 19.2 Å². The van der Waals surface area contributed by atoms with Gasteiger partial charge in [0.05, 0.1) is 29.8 Å². The first-order valence-corrected chi connectivity index (χ1v) is 10.9. The van der Waals surface area contributed by atoms with Crippen molar-refractivity contribution >= 4 is 23.9 Å². The fourth-order valence-electron chi connectivity index (χ4n) is 4.47. The molecule has 3 aliphatic heterocycles. The molecule has 0 aromatic heterocycles. The summed E-state index contributed by atoms with van der Waals surface area (Å²) in [6, 6.07) is 6.36. The maximum atomic E-state index is 12.4. The van der Waals surface area contributed by atoms with Gasteiger partial charge in [0, 0.05) is 13.1 Å². The molecule has 3 aliphatic rings. The summed E-state index contributed by atoms with van der Waals surface area (Å²) in [6.07, 6.45) is 1.70. The van der Waals surface area contributed by atoms with Crippen molar-refractivity contribution in [3.63, 3.8) is 0 Å². The van der Waals surface area contributed by atoms with Crippen LogP contribution in [-0.4, -0.2) is 64.7 Å². The second-order valence-electron chi connectivity index (χ2n) is 9.65. The molecule has 1 aromatic carbocycles. The Morgan fingerprint density at radius 2 is 1.69 bits per heavy atom. The van der Waals surface area contributed by atoms with Crippen LogP contribution in [0.1, 0.15) is 67.2 Å². The second-order valence-corrected chi connectivity index (χ2v) is 9.65. The van der Waals surface area contributed by atoms with Crippen LogP contribution in [-0.2, 0) is 19.1 Å². The van der Waals surface area contributed by atoms with Gasteiger partial charge in [-0.15, -0.1) is 0 Å². The topological polar surface area (TPSA) is 102 Å². The third-order valence-corrected chi connectivity index (χ3v) is 6.02. The highest BCUT2D eigenvalue weighted by Crippen LogP contribution is 2.40. The Labute approximate surface area is 186 Å². The molecule has 0 radical (unpaired) electrons. The summed E-state index contributed by atoms with van der Waals surface area (Å²) in [6.45, 7) is 6.96. The van der Waals surface area contributed by atoms with Crippen molar-refractivity contribution in [1.82, 2.24) is 9.96 Å². The van der Waals surface area contributed by atoms with Crippen LogP contribution in [0.25, 0.3) is 0 Å². The van der Waals surface area contributed by atoms with Crippen molar-refractivity contribution in [3.8, 4) is 0 Å². The number of benzene rings is 1. The molecular weight excluding hydrogens is 416 g/mol. The van der Waals surface area contributed by atoms with Crippen molar-refractivity contribution in [1.29, 1.82) is 0 Å². The number of carbonyl (C=O) groups excluding carboxylic acids is 4. The molecule has 32 heavy (non-hydrogen) atoms. The molecule has 1 aromatic rings. The summed E-state index contributed by atoms with van der Waals surface area (Å²) in [5.41, 5.74) is -0.463. The maximum absolute atomic E-state index is 12.4. The molecule has 2 fully saturated rings. The van der Waals surface area contributed by atoms with E-state index in [4.69, 9.17) is 14.3 Å². The van der Waals surface area contributed by atoms with Crippen LogP contribution in [0, 0.1) is 5.92 Å². The lowest BCUT2D eigenvalue weighted by Crippen LogP contribution is -2.47. The van der Waals surface area contributed by atoms with Gasteiger partial charge in [0.15, 0.2) is 0 Å². The fourth-order valence-corrected chi connectivity index (χ4v) is 4.47. The van der Waals surface area contributed by atoms with Gasteiger partial charge in [-0.25, -0.2) is 9.59 Å². The molecule has 4 rings (SSSR count). The van der Waals surface area contributed by atoms with E-state index in [-0.39, 0.29) is 35.2 Å². The number of hydroxylamine groups is 2. The van der Waals surface area contributed by atoms with Gasteiger partial charge in [0.1, 0.15) is 5.60 Å². The molecule has 0 aliphatic carbocycles. The van der Waals surface area contributed by atoms with E-state index in [0.29, 0.717) is 44.0 Å². The molecule has 172 valence electrons. The monoisotopic (exact) mass is 444 g/mol. The largest absolute Gasteiger partial charge is 0.444 e. The van der Waals surface area contributed by atoms with Crippen molar-refractivity contribution in [2.45, 2.75) is 57.7 Å². The Morgan fingerprint density at radius 3 is 2.25 bits per heavy atom. The number of likely N-dealkylation sites (tertiary alicyclic amines) is 1. The molecule has 3 heterocycles. The van der Waals surface area contributed by atoms with Crippen molar-refractivity contribution in [2.75, 3.05) is 19.7 Å². The lowest BCUT2D eigenvalue weighted by Gasteiger charge is -2.39. The van der Waals surface area contributed by atoms with Gasteiger partial charge >= 0.3 is 12.1 Å². The quantitative estimate of drug-likeness (QED) is 0.661. The molecule has 9 heteroatoms. The van der Waals surface area contributed by atoms with Gasteiger partial charge in [-0.2, -0.15) is 0 Å². The molecule has 0 bridgehead atoms. The SMILES string of the molecule is CC(C)(C)OC(=O)N1CCC2(CC1)CC(CC(=O)ON1C(=O)c3ccccc3C1=O)CO2. The first-order chi connectivity index (χ1) is 15.1. The molecule has 0 saturated carbocycles.